The Labute approximate surface area is 150 Å². The summed E-state index contributed by atoms with van der Waals surface area (Å²) in [6, 6.07) is 0. The molecule has 0 aromatic carbocycles. The van der Waals surface area contributed by atoms with Crippen molar-refractivity contribution in [1.82, 2.24) is 19.5 Å². The number of aliphatic hydroxyl groups is 1. The molecule has 2 fully saturated rings. The second kappa shape index (κ2) is 6.30. The maximum atomic E-state index is 12.1. The summed E-state index contributed by atoms with van der Waals surface area (Å²) in [4.78, 5) is 34.3. The smallest absolute Gasteiger partial charge is 0.280 e. The summed E-state index contributed by atoms with van der Waals surface area (Å²) in [5.74, 6) is 0.507. The van der Waals surface area contributed by atoms with Gasteiger partial charge in [-0.1, -0.05) is 18.7 Å². The zero-order valence-corrected chi connectivity index (χ0v) is 15.1. The Morgan fingerprint density at radius 1 is 1.54 bits per heavy atom. The quantitative estimate of drug-likeness (QED) is 0.420. The number of aromatic amines is 1. The minimum Gasteiger partial charge on any atom is -0.756 e. The third kappa shape index (κ3) is 2.85. The number of nitrogens with one attached hydrogen (secondary N) is 1. The van der Waals surface area contributed by atoms with Crippen molar-refractivity contribution in [3.63, 3.8) is 0 Å². The third-order valence-electron chi connectivity index (χ3n) is 4.02. The van der Waals surface area contributed by atoms with Crippen molar-refractivity contribution in [2.24, 2.45) is 0 Å². The summed E-state index contributed by atoms with van der Waals surface area (Å²) in [7, 11) is -4.50. The molecule has 0 spiro atoms. The van der Waals surface area contributed by atoms with E-state index in [0.717, 1.165) is 0 Å². The van der Waals surface area contributed by atoms with Gasteiger partial charge in [0.05, 0.1) is 6.61 Å². The van der Waals surface area contributed by atoms with E-state index in [-0.39, 0.29) is 23.7 Å². The number of phosphoric acid groups is 1. The van der Waals surface area contributed by atoms with Crippen molar-refractivity contribution >= 4 is 36.7 Å². The molecule has 4 rings (SSSR count). The number of imidazole rings is 1. The summed E-state index contributed by atoms with van der Waals surface area (Å²) in [5.41, 5.74) is 5.25. The van der Waals surface area contributed by atoms with Gasteiger partial charge < -0.3 is 29.5 Å². The Balaban J connectivity index is 1.82. The van der Waals surface area contributed by atoms with Gasteiger partial charge in [0.1, 0.15) is 18.3 Å². The number of phosphoric ester groups is 1. The first kappa shape index (κ1) is 17.9. The molecule has 14 heteroatoms. The number of rotatable bonds is 3. The molecule has 5 atom stereocenters. The fourth-order valence-corrected chi connectivity index (χ4v) is 4.68. The topological polar surface area (TPSA) is 178 Å². The highest BCUT2D eigenvalue weighted by Gasteiger charge is 2.51. The van der Waals surface area contributed by atoms with Gasteiger partial charge in [-0.2, -0.15) is 4.98 Å². The lowest BCUT2D eigenvalue weighted by Crippen LogP contribution is -2.41. The number of fused-ring (bicyclic) bond motifs is 2. The molecular weight excluding hydrogens is 389 g/mol. The van der Waals surface area contributed by atoms with Crippen molar-refractivity contribution in [2.75, 3.05) is 18.1 Å². The molecule has 0 bridgehead atoms. The Morgan fingerprint density at radius 3 is 3.04 bits per heavy atom. The predicted octanol–water partition coefficient (Wildman–Crippen LogP) is -1.04. The molecule has 12 nitrogen and oxygen atoms in total. The Bertz CT molecular complexity index is 963. The molecule has 2 aliphatic heterocycles. The van der Waals surface area contributed by atoms with E-state index in [4.69, 9.17) is 15.0 Å². The lowest BCUT2D eigenvalue weighted by Gasteiger charge is -2.34. The number of nitrogens with two attached hydrogens (primary N) is 1. The van der Waals surface area contributed by atoms with Crippen LogP contribution >= 0.6 is 19.6 Å². The van der Waals surface area contributed by atoms with E-state index in [1.165, 1.54) is 16.3 Å². The summed E-state index contributed by atoms with van der Waals surface area (Å²) in [6.07, 6.45) is -4.35. The first-order valence-corrected chi connectivity index (χ1v) is 10.1. The predicted molar refractivity (Wildman–Crippen MR) is 87.3 cm³/mol. The molecule has 4 N–H and O–H groups in total. The number of nitrogens with zero attached hydrogens (tertiary/aromatic N) is 3. The van der Waals surface area contributed by atoms with Gasteiger partial charge >= 0.3 is 0 Å². The van der Waals surface area contributed by atoms with Crippen LogP contribution in [-0.2, 0) is 18.3 Å². The van der Waals surface area contributed by atoms with Crippen LogP contribution in [0, 0.1) is 0 Å². The zero-order valence-electron chi connectivity index (χ0n) is 13.4. The molecule has 4 heterocycles. The molecule has 2 aromatic rings. The number of hydrogen-bond acceptors (Lipinski definition) is 11. The average Bonchev–Trinajstić information content (AvgIpc) is 3.05. The van der Waals surface area contributed by atoms with E-state index in [1.807, 2.05) is 6.92 Å². The molecule has 0 amide bonds. The van der Waals surface area contributed by atoms with Gasteiger partial charge in [-0.15, -0.1) is 0 Å². The molecule has 142 valence electrons. The number of nitrogen functional groups attached to an aromatic ring is 1. The SMILES string of the molecule is CCSc1nc2c(=O)[nH]c(N)nc2n1[C@@H]1OC2COP(=O)([O-])O[C@H]2C1O. The average molecular weight is 404 g/mol. The van der Waals surface area contributed by atoms with Gasteiger partial charge in [0.25, 0.3) is 13.4 Å². The van der Waals surface area contributed by atoms with Crippen LogP contribution in [0.15, 0.2) is 9.95 Å². The Hall–Kier alpha value is -1.47. The van der Waals surface area contributed by atoms with Gasteiger partial charge in [-0.05, 0) is 5.75 Å². The van der Waals surface area contributed by atoms with Crippen molar-refractivity contribution in [3.05, 3.63) is 10.4 Å². The normalized spacial score (nSPS) is 34.3. The monoisotopic (exact) mass is 404 g/mol. The van der Waals surface area contributed by atoms with Gasteiger partial charge in [0.2, 0.25) is 5.95 Å². The molecule has 0 radical (unpaired) electrons. The van der Waals surface area contributed by atoms with E-state index in [2.05, 4.69) is 19.5 Å². The summed E-state index contributed by atoms with van der Waals surface area (Å²) in [6.45, 7) is 1.61. The van der Waals surface area contributed by atoms with Crippen LogP contribution in [0.25, 0.3) is 11.2 Å². The number of thioether (sulfide) groups is 1. The maximum Gasteiger partial charge on any atom is 0.280 e. The Kier molecular flexibility index (Phi) is 4.34. The molecule has 2 saturated heterocycles. The third-order valence-corrected chi connectivity index (χ3v) is 5.82. The van der Waals surface area contributed by atoms with Crippen LogP contribution in [0.5, 0.6) is 0 Å². The lowest BCUT2D eigenvalue weighted by atomic mass is 10.1. The summed E-state index contributed by atoms with van der Waals surface area (Å²) >= 11 is 1.30. The van der Waals surface area contributed by atoms with Crippen LogP contribution in [0.2, 0.25) is 0 Å². The van der Waals surface area contributed by atoms with E-state index in [0.29, 0.717) is 10.9 Å². The van der Waals surface area contributed by atoms with E-state index in [1.54, 1.807) is 0 Å². The number of H-pyrrole nitrogens is 1. The molecule has 3 unspecified atom stereocenters. The van der Waals surface area contributed by atoms with Gasteiger partial charge in [-0.25, -0.2) is 4.98 Å². The van der Waals surface area contributed by atoms with Crippen LogP contribution in [-0.4, -0.2) is 55.3 Å². The largest absolute Gasteiger partial charge is 0.756 e. The first-order chi connectivity index (χ1) is 12.3. The standard InChI is InChI=1S/C12H16N5O7PS/c1-2-26-12-14-5-8(15-11(13)16-9(5)19)17(12)10-6(18)7-4(23-10)3-22-25(20,21)24-7/h4,6-7,10,18H,2-3H2,1H3,(H,20,21)(H3,13,15,16,19)/p-1/t4?,6?,7-,10-/m1/s1. The fraction of sp³-hybridized carbons (Fsp3) is 0.583. The number of anilines is 1. The van der Waals surface area contributed by atoms with Gasteiger partial charge in [0.15, 0.2) is 22.5 Å². The minimum absolute atomic E-state index is 0.0347. The van der Waals surface area contributed by atoms with Crippen molar-refractivity contribution in [2.45, 2.75) is 36.6 Å². The Morgan fingerprint density at radius 2 is 2.31 bits per heavy atom. The highest BCUT2D eigenvalue weighted by atomic mass is 32.2. The first-order valence-electron chi connectivity index (χ1n) is 7.69. The van der Waals surface area contributed by atoms with Crippen LogP contribution in [0.3, 0.4) is 0 Å². The molecule has 2 aliphatic rings. The lowest BCUT2D eigenvalue weighted by molar-refractivity contribution is -0.245. The van der Waals surface area contributed by atoms with Gasteiger partial charge in [-0.3, -0.25) is 18.9 Å². The molecule has 0 saturated carbocycles. The van der Waals surface area contributed by atoms with Crippen LogP contribution in [0.1, 0.15) is 13.2 Å². The van der Waals surface area contributed by atoms with Gasteiger partial charge in [0, 0.05) is 0 Å². The van der Waals surface area contributed by atoms with E-state index >= 15 is 0 Å². The minimum atomic E-state index is -4.50. The van der Waals surface area contributed by atoms with Crippen molar-refractivity contribution in [3.8, 4) is 0 Å². The van der Waals surface area contributed by atoms with Crippen LogP contribution in [0.4, 0.5) is 5.95 Å². The number of aromatic nitrogens is 4. The molecule has 26 heavy (non-hydrogen) atoms. The summed E-state index contributed by atoms with van der Waals surface area (Å²) < 4.78 is 28.2. The zero-order chi connectivity index (χ0) is 18.6. The second-order valence-electron chi connectivity index (χ2n) is 5.69. The maximum absolute atomic E-state index is 12.1. The van der Waals surface area contributed by atoms with Crippen molar-refractivity contribution < 1.29 is 28.3 Å². The van der Waals surface area contributed by atoms with E-state index < -0.39 is 37.9 Å². The number of ether oxygens (including phenoxy) is 1. The highest BCUT2D eigenvalue weighted by Crippen LogP contribution is 2.50. The van der Waals surface area contributed by atoms with Crippen LogP contribution < -0.4 is 16.2 Å². The summed E-state index contributed by atoms with van der Waals surface area (Å²) in [5, 5.41) is 11.0. The number of hydrogen-bond donors (Lipinski definition) is 3. The molecule has 0 aliphatic carbocycles. The number of aliphatic hydroxyl groups excluding tert-OH is 1. The highest BCUT2D eigenvalue weighted by molar-refractivity contribution is 7.99. The van der Waals surface area contributed by atoms with E-state index in [9.17, 15) is 19.4 Å². The molecule has 2 aromatic heterocycles. The molecular formula is C12H15N5O7PS-. The second-order valence-corrected chi connectivity index (χ2v) is 8.28. The fourth-order valence-electron chi connectivity index (χ4n) is 2.98. The van der Waals surface area contributed by atoms with Crippen molar-refractivity contribution in [1.29, 1.82) is 0 Å².